The zero-order valence-corrected chi connectivity index (χ0v) is 9.27. The molecule has 0 radical (unpaired) electrons. The van der Waals surface area contributed by atoms with Gasteiger partial charge >= 0.3 is 0 Å². The second kappa shape index (κ2) is 4.44. The lowest BCUT2D eigenvalue weighted by Gasteiger charge is -2.05. The molecule has 0 aromatic rings. The molecule has 0 rings (SSSR count). The second-order valence-corrected chi connectivity index (χ2v) is 8.78. The molecule has 2 nitrogen and oxygen atoms in total. The highest BCUT2D eigenvalue weighted by atomic mass is 28.3. The monoisotopic (exact) mass is 183 g/mol. The molecule has 0 aromatic heterocycles. The zero-order chi connectivity index (χ0) is 9.78. The molecule has 3 heteroatoms. The van der Waals surface area contributed by atoms with Gasteiger partial charge in [0.2, 0.25) is 0 Å². The van der Waals surface area contributed by atoms with Crippen molar-refractivity contribution in [3.63, 3.8) is 0 Å². The van der Waals surface area contributed by atoms with E-state index in [-0.39, 0.29) is 11.8 Å². The molecule has 0 amide bonds. The first-order chi connectivity index (χ1) is 5.31. The summed E-state index contributed by atoms with van der Waals surface area (Å²) in [6.07, 6.45) is 0.373. The molecule has 0 saturated heterocycles. The minimum absolute atomic E-state index is 0.104. The van der Waals surface area contributed by atoms with Crippen molar-refractivity contribution in [3.05, 3.63) is 0 Å². The van der Waals surface area contributed by atoms with Gasteiger partial charge in [0, 0.05) is 6.42 Å². The van der Waals surface area contributed by atoms with Crippen molar-refractivity contribution in [1.82, 2.24) is 0 Å². The summed E-state index contributed by atoms with van der Waals surface area (Å²) >= 11 is 0. The third kappa shape index (κ3) is 7.51. The summed E-state index contributed by atoms with van der Waals surface area (Å²) in [5, 5.41) is 0. The Bertz CT molecular complexity index is 219. The van der Waals surface area contributed by atoms with Crippen LogP contribution < -0.4 is 5.73 Å². The van der Waals surface area contributed by atoms with Crippen molar-refractivity contribution in [2.24, 2.45) is 5.73 Å². The van der Waals surface area contributed by atoms with Gasteiger partial charge in [0.05, 0.1) is 6.04 Å². The third-order valence-electron chi connectivity index (χ3n) is 1.14. The average Bonchev–Trinajstić information content (AvgIpc) is 1.80. The van der Waals surface area contributed by atoms with Gasteiger partial charge < -0.3 is 5.73 Å². The van der Waals surface area contributed by atoms with Crippen LogP contribution in [0.5, 0.6) is 0 Å². The summed E-state index contributed by atoms with van der Waals surface area (Å²) in [4.78, 5) is 10.6. The first kappa shape index (κ1) is 11.4. The van der Waals surface area contributed by atoms with Gasteiger partial charge in [-0.25, -0.2) is 0 Å². The van der Waals surface area contributed by atoms with E-state index in [1.807, 2.05) is 0 Å². The molecule has 2 N–H and O–H groups in total. The van der Waals surface area contributed by atoms with Crippen LogP contribution in [0.1, 0.15) is 13.3 Å². The maximum absolute atomic E-state index is 10.6. The van der Waals surface area contributed by atoms with Crippen LogP contribution in [0.25, 0.3) is 0 Å². The van der Waals surface area contributed by atoms with Gasteiger partial charge in [-0.05, 0) is 6.92 Å². The molecule has 0 heterocycles. The number of Topliss-reactive ketones (excluding diaryl/α,β-unsaturated/α-hetero) is 1. The molecule has 1 unspecified atom stereocenters. The summed E-state index contributed by atoms with van der Waals surface area (Å²) in [5.74, 6) is 3.03. The Labute approximate surface area is 75.5 Å². The van der Waals surface area contributed by atoms with E-state index in [9.17, 15) is 4.79 Å². The Morgan fingerprint density at radius 1 is 1.50 bits per heavy atom. The topological polar surface area (TPSA) is 43.1 Å². The van der Waals surface area contributed by atoms with Crippen molar-refractivity contribution in [2.75, 3.05) is 0 Å². The van der Waals surface area contributed by atoms with Crippen LogP contribution in [0.3, 0.4) is 0 Å². The van der Waals surface area contributed by atoms with Crippen LogP contribution in [0.4, 0.5) is 0 Å². The Morgan fingerprint density at radius 2 is 2.00 bits per heavy atom. The molecule has 0 fully saturated rings. The van der Waals surface area contributed by atoms with Crippen molar-refractivity contribution >= 4 is 13.9 Å². The van der Waals surface area contributed by atoms with E-state index < -0.39 is 8.07 Å². The van der Waals surface area contributed by atoms with E-state index in [1.54, 1.807) is 0 Å². The maximum atomic E-state index is 10.6. The molecule has 0 aliphatic carbocycles. The van der Waals surface area contributed by atoms with Crippen LogP contribution in [0.15, 0.2) is 0 Å². The second-order valence-electron chi connectivity index (χ2n) is 4.03. The van der Waals surface area contributed by atoms with Crippen LogP contribution >= 0.6 is 0 Å². The lowest BCUT2D eigenvalue weighted by molar-refractivity contribution is -0.117. The standard InChI is InChI=1S/C9H17NOSi/c1-8(11)7-9(10)5-6-12(2,3)4/h9H,7,10H2,1-4H3. The minimum atomic E-state index is -1.32. The molecular weight excluding hydrogens is 166 g/mol. The van der Waals surface area contributed by atoms with Crippen molar-refractivity contribution in [1.29, 1.82) is 0 Å². The van der Waals surface area contributed by atoms with Crippen LogP contribution in [0, 0.1) is 11.5 Å². The fourth-order valence-corrected chi connectivity index (χ4v) is 1.29. The fourth-order valence-electron chi connectivity index (χ4n) is 0.670. The molecule has 0 aliphatic heterocycles. The Kier molecular flexibility index (Phi) is 4.22. The third-order valence-corrected chi connectivity index (χ3v) is 2.03. The first-order valence-corrected chi connectivity index (χ1v) is 7.59. The average molecular weight is 183 g/mol. The maximum Gasteiger partial charge on any atom is 0.132 e. The van der Waals surface area contributed by atoms with E-state index in [2.05, 4.69) is 31.1 Å². The van der Waals surface area contributed by atoms with Gasteiger partial charge in [0.25, 0.3) is 0 Å². The van der Waals surface area contributed by atoms with Crippen molar-refractivity contribution in [3.8, 4) is 11.5 Å². The summed E-state index contributed by atoms with van der Waals surface area (Å²) in [5.41, 5.74) is 8.75. The Morgan fingerprint density at radius 3 is 2.33 bits per heavy atom. The first-order valence-electron chi connectivity index (χ1n) is 4.09. The number of nitrogens with two attached hydrogens (primary N) is 1. The normalized spacial score (nSPS) is 13.1. The smallest absolute Gasteiger partial charge is 0.132 e. The largest absolute Gasteiger partial charge is 0.317 e. The van der Waals surface area contributed by atoms with Crippen molar-refractivity contribution in [2.45, 2.75) is 39.0 Å². The number of carbonyl (C=O) groups excluding carboxylic acids is 1. The van der Waals surface area contributed by atoms with E-state index in [1.165, 1.54) is 6.92 Å². The summed E-state index contributed by atoms with van der Waals surface area (Å²) in [6.45, 7) is 8.00. The lowest BCUT2D eigenvalue weighted by Crippen LogP contribution is -2.23. The molecule has 0 saturated carbocycles. The lowest BCUT2D eigenvalue weighted by atomic mass is 10.2. The number of hydrogen-bond donors (Lipinski definition) is 1. The number of ketones is 1. The van der Waals surface area contributed by atoms with E-state index >= 15 is 0 Å². The van der Waals surface area contributed by atoms with Gasteiger partial charge in [-0.2, -0.15) is 0 Å². The molecule has 0 bridgehead atoms. The Hall–Kier alpha value is -0.593. The summed E-state index contributed by atoms with van der Waals surface area (Å²) < 4.78 is 0. The molecule has 12 heavy (non-hydrogen) atoms. The molecule has 0 spiro atoms. The van der Waals surface area contributed by atoms with Crippen LogP contribution in [-0.2, 0) is 4.79 Å². The molecular formula is C9H17NOSi. The number of hydrogen-bond acceptors (Lipinski definition) is 2. The number of rotatable bonds is 2. The van der Waals surface area contributed by atoms with Gasteiger partial charge in [0.15, 0.2) is 0 Å². The highest BCUT2D eigenvalue weighted by Gasteiger charge is 2.08. The Balaban J connectivity index is 4.04. The quantitative estimate of drug-likeness (QED) is 0.516. The summed E-state index contributed by atoms with van der Waals surface area (Å²) in [7, 11) is -1.32. The van der Waals surface area contributed by atoms with E-state index in [0.717, 1.165) is 0 Å². The molecule has 0 aliphatic rings. The predicted molar refractivity (Wildman–Crippen MR) is 54.4 cm³/mol. The summed E-state index contributed by atoms with van der Waals surface area (Å²) in [6, 6.07) is -0.269. The van der Waals surface area contributed by atoms with Gasteiger partial charge in [-0.1, -0.05) is 25.6 Å². The predicted octanol–water partition coefficient (Wildman–Crippen LogP) is 1.17. The van der Waals surface area contributed by atoms with Gasteiger partial charge in [-0.15, -0.1) is 5.54 Å². The van der Waals surface area contributed by atoms with Crippen molar-refractivity contribution < 1.29 is 4.79 Å². The highest BCUT2D eigenvalue weighted by Crippen LogP contribution is 1.97. The molecule has 1 atom stereocenters. The van der Waals surface area contributed by atoms with E-state index in [4.69, 9.17) is 5.73 Å². The van der Waals surface area contributed by atoms with Gasteiger partial charge in [-0.3, -0.25) is 4.79 Å². The SMILES string of the molecule is CC(=O)CC(N)C#C[Si](C)(C)C. The number of carbonyl (C=O) groups is 1. The molecule has 0 aromatic carbocycles. The zero-order valence-electron chi connectivity index (χ0n) is 8.27. The molecule has 68 valence electrons. The van der Waals surface area contributed by atoms with Crippen LogP contribution in [0.2, 0.25) is 19.6 Å². The minimum Gasteiger partial charge on any atom is -0.317 e. The van der Waals surface area contributed by atoms with E-state index in [0.29, 0.717) is 6.42 Å². The fraction of sp³-hybridized carbons (Fsp3) is 0.667. The van der Waals surface area contributed by atoms with Gasteiger partial charge in [0.1, 0.15) is 13.9 Å². The highest BCUT2D eigenvalue weighted by molar-refractivity contribution is 6.83. The van der Waals surface area contributed by atoms with Crippen LogP contribution in [-0.4, -0.2) is 19.9 Å².